The van der Waals surface area contributed by atoms with Crippen LogP contribution in [0.5, 0.6) is 0 Å². The molecular formula is C17H22N2O5. The molecule has 1 fully saturated rings. The molecule has 0 saturated heterocycles. The van der Waals surface area contributed by atoms with Gasteiger partial charge in [-0.05, 0) is 25.0 Å². The van der Waals surface area contributed by atoms with Crippen LogP contribution in [0, 0.1) is 0 Å². The molecule has 7 nitrogen and oxygen atoms in total. The average molecular weight is 334 g/mol. The van der Waals surface area contributed by atoms with Crippen molar-refractivity contribution < 1.29 is 24.1 Å². The molecule has 1 aromatic carbocycles. The van der Waals surface area contributed by atoms with E-state index in [0.29, 0.717) is 10.9 Å². The summed E-state index contributed by atoms with van der Waals surface area (Å²) in [6.07, 6.45) is 4.49. The third-order valence-electron chi connectivity index (χ3n) is 3.74. The van der Waals surface area contributed by atoms with E-state index in [1.807, 2.05) is 0 Å². The first-order valence-corrected chi connectivity index (χ1v) is 8.04. The Morgan fingerprint density at radius 3 is 1.96 bits per heavy atom. The van der Waals surface area contributed by atoms with Gasteiger partial charge in [-0.1, -0.05) is 37.5 Å². The van der Waals surface area contributed by atoms with Gasteiger partial charge in [-0.25, -0.2) is 0 Å². The minimum atomic E-state index is -0.682. The lowest BCUT2D eigenvalue weighted by Crippen LogP contribution is -2.53. The summed E-state index contributed by atoms with van der Waals surface area (Å²) < 4.78 is 0. The van der Waals surface area contributed by atoms with E-state index in [4.69, 9.17) is 9.68 Å². The highest BCUT2D eigenvalue weighted by Gasteiger charge is 2.35. The van der Waals surface area contributed by atoms with Crippen molar-refractivity contribution >= 4 is 17.8 Å². The van der Waals surface area contributed by atoms with Gasteiger partial charge >= 0.3 is 11.9 Å². The molecule has 0 aromatic heterocycles. The first-order chi connectivity index (χ1) is 11.5. The van der Waals surface area contributed by atoms with Crippen LogP contribution in [0.4, 0.5) is 0 Å². The lowest BCUT2D eigenvalue weighted by molar-refractivity contribution is -0.408. The third kappa shape index (κ3) is 4.79. The van der Waals surface area contributed by atoms with Crippen LogP contribution in [0.25, 0.3) is 0 Å². The van der Waals surface area contributed by atoms with Gasteiger partial charge in [0, 0.05) is 19.4 Å². The number of hydrogen-bond donors (Lipinski definition) is 0. The smallest absolute Gasteiger partial charge is 0.315 e. The van der Waals surface area contributed by atoms with Crippen LogP contribution in [0.1, 0.15) is 56.3 Å². The molecule has 24 heavy (non-hydrogen) atoms. The molecule has 1 aliphatic rings. The van der Waals surface area contributed by atoms with E-state index in [2.05, 4.69) is 0 Å². The Morgan fingerprint density at radius 2 is 1.46 bits per heavy atom. The normalized spacial score (nSPS) is 15.0. The van der Waals surface area contributed by atoms with Crippen LogP contribution in [0.15, 0.2) is 30.3 Å². The predicted molar refractivity (Wildman–Crippen MR) is 84.9 cm³/mol. The van der Waals surface area contributed by atoms with Crippen LogP contribution in [0.2, 0.25) is 0 Å². The van der Waals surface area contributed by atoms with Gasteiger partial charge in [0.05, 0.1) is 6.04 Å². The summed E-state index contributed by atoms with van der Waals surface area (Å²) >= 11 is 0. The molecule has 0 N–H and O–H groups in total. The second-order valence-electron chi connectivity index (χ2n) is 5.71. The number of hydrazine groups is 1. The molecule has 0 spiro atoms. The van der Waals surface area contributed by atoms with Crippen molar-refractivity contribution in [3.63, 3.8) is 0 Å². The summed E-state index contributed by atoms with van der Waals surface area (Å²) in [7, 11) is 0. The summed E-state index contributed by atoms with van der Waals surface area (Å²) in [5.74, 6) is -1.75. The van der Waals surface area contributed by atoms with Crippen molar-refractivity contribution in [2.75, 3.05) is 0 Å². The molecule has 1 saturated carbocycles. The van der Waals surface area contributed by atoms with Gasteiger partial charge in [0.15, 0.2) is 0 Å². The topological polar surface area (TPSA) is 76.2 Å². The molecule has 2 rings (SSSR count). The summed E-state index contributed by atoms with van der Waals surface area (Å²) in [5.41, 5.74) is 0.423. The average Bonchev–Trinajstić information content (AvgIpc) is 2.55. The van der Waals surface area contributed by atoms with Crippen LogP contribution in [-0.4, -0.2) is 34.2 Å². The van der Waals surface area contributed by atoms with Crippen molar-refractivity contribution in [2.24, 2.45) is 0 Å². The maximum atomic E-state index is 13.0. The molecule has 0 unspecified atom stereocenters. The Labute approximate surface area is 141 Å². The van der Waals surface area contributed by atoms with Gasteiger partial charge in [0.2, 0.25) is 0 Å². The second kappa shape index (κ2) is 8.44. The molecular weight excluding hydrogens is 312 g/mol. The highest BCUT2D eigenvalue weighted by molar-refractivity contribution is 5.94. The highest BCUT2D eigenvalue weighted by Crippen LogP contribution is 2.26. The van der Waals surface area contributed by atoms with E-state index < -0.39 is 11.9 Å². The number of nitrogens with zero attached hydrogens (tertiary/aromatic N) is 2. The molecule has 0 bridgehead atoms. The standard InChI is InChI=1S/C17H22N2O5/c1-13(20)23-19(24-14(2)21)18(16-11-7-4-8-12-16)17(22)15-9-5-3-6-10-15/h3,5-6,9-10,16H,4,7-8,11-12H2,1-2H3. The lowest BCUT2D eigenvalue weighted by Gasteiger charge is -2.37. The summed E-state index contributed by atoms with van der Waals surface area (Å²) in [6, 6.07) is 8.42. The Bertz CT molecular complexity index is 568. The largest absolute Gasteiger partial charge is 0.328 e. The monoisotopic (exact) mass is 334 g/mol. The second-order valence-corrected chi connectivity index (χ2v) is 5.71. The Hall–Kier alpha value is -2.41. The zero-order valence-electron chi connectivity index (χ0n) is 13.9. The minimum Gasteiger partial charge on any atom is -0.315 e. The first kappa shape index (κ1) is 17.9. The fourth-order valence-corrected chi connectivity index (χ4v) is 2.74. The van der Waals surface area contributed by atoms with E-state index in [1.165, 1.54) is 18.9 Å². The minimum absolute atomic E-state index is 0.204. The Balaban J connectivity index is 2.33. The van der Waals surface area contributed by atoms with Gasteiger partial charge < -0.3 is 9.68 Å². The number of rotatable bonds is 5. The molecule has 1 aliphatic carbocycles. The van der Waals surface area contributed by atoms with Gasteiger partial charge in [-0.15, -0.1) is 0 Å². The zero-order valence-corrected chi connectivity index (χ0v) is 13.9. The van der Waals surface area contributed by atoms with Crippen LogP contribution >= 0.6 is 0 Å². The van der Waals surface area contributed by atoms with Gasteiger partial charge in [0.1, 0.15) is 5.34 Å². The van der Waals surface area contributed by atoms with Crippen molar-refractivity contribution in [1.82, 2.24) is 10.3 Å². The van der Waals surface area contributed by atoms with Crippen LogP contribution in [-0.2, 0) is 19.3 Å². The van der Waals surface area contributed by atoms with Crippen LogP contribution < -0.4 is 0 Å². The molecule has 0 atom stereocenters. The van der Waals surface area contributed by atoms with E-state index in [9.17, 15) is 14.4 Å². The summed E-state index contributed by atoms with van der Waals surface area (Å²) in [5, 5.41) is 1.87. The van der Waals surface area contributed by atoms with E-state index in [1.54, 1.807) is 30.3 Å². The fraction of sp³-hybridized carbons (Fsp3) is 0.471. The van der Waals surface area contributed by atoms with Crippen molar-refractivity contribution in [1.29, 1.82) is 0 Å². The first-order valence-electron chi connectivity index (χ1n) is 8.04. The van der Waals surface area contributed by atoms with Gasteiger partial charge in [-0.3, -0.25) is 14.4 Å². The van der Waals surface area contributed by atoms with Crippen molar-refractivity contribution in [2.45, 2.75) is 52.0 Å². The Kier molecular flexibility index (Phi) is 6.31. The quantitative estimate of drug-likeness (QED) is 0.771. The molecule has 1 amide bonds. The molecule has 0 heterocycles. The number of benzene rings is 1. The highest BCUT2D eigenvalue weighted by atomic mass is 17.0. The number of carbonyl (C=O) groups is 3. The van der Waals surface area contributed by atoms with Gasteiger partial charge in [0.25, 0.3) is 5.91 Å². The SMILES string of the molecule is CC(=O)ON(OC(C)=O)N(C(=O)c1ccccc1)C1CCCCC1. The van der Waals surface area contributed by atoms with Crippen molar-refractivity contribution in [3.8, 4) is 0 Å². The maximum Gasteiger partial charge on any atom is 0.328 e. The number of amides is 1. The molecule has 0 aliphatic heterocycles. The lowest BCUT2D eigenvalue weighted by atomic mass is 9.94. The Morgan fingerprint density at radius 1 is 0.917 bits per heavy atom. The fourth-order valence-electron chi connectivity index (χ4n) is 2.74. The number of carbonyl (C=O) groups excluding carboxylic acids is 3. The van der Waals surface area contributed by atoms with E-state index in [-0.39, 0.29) is 11.9 Å². The predicted octanol–water partition coefficient (Wildman–Crippen LogP) is 2.63. The summed E-state index contributed by atoms with van der Waals surface area (Å²) in [4.78, 5) is 45.7. The van der Waals surface area contributed by atoms with Crippen molar-refractivity contribution in [3.05, 3.63) is 35.9 Å². The third-order valence-corrected chi connectivity index (χ3v) is 3.74. The van der Waals surface area contributed by atoms with E-state index in [0.717, 1.165) is 32.1 Å². The van der Waals surface area contributed by atoms with Crippen LogP contribution in [0.3, 0.4) is 0 Å². The molecule has 1 aromatic rings. The maximum absolute atomic E-state index is 13.0. The van der Waals surface area contributed by atoms with E-state index >= 15 is 0 Å². The number of hydrogen-bond acceptors (Lipinski definition) is 6. The molecule has 0 radical (unpaired) electrons. The molecule has 130 valence electrons. The molecule has 7 heteroatoms. The zero-order chi connectivity index (χ0) is 17.5. The van der Waals surface area contributed by atoms with Gasteiger partial charge in [-0.2, -0.15) is 5.01 Å². The summed E-state index contributed by atoms with van der Waals surface area (Å²) in [6.45, 7) is 2.37.